The topological polar surface area (TPSA) is 63.9 Å². The van der Waals surface area contributed by atoms with Crippen molar-refractivity contribution in [1.29, 1.82) is 0 Å². The number of para-hydroxylation sites is 1. The molecular weight excluding hydrogens is 322 g/mol. The fourth-order valence-corrected chi connectivity index (χ4v) is 4.16. The third-order valence-electron chi connectivity index (χ3n) is 4.09. The van der Waals surface area contributed by atoms with Gasteiger partial charge in [-0.3, -0.25) is 9.48 Å². The van der Waals surface area contributed by atoms with Crippen molar-refractivity contribution in [2.75, 3.05) is 11.4 Å². The molecule has 0 spiro atoms. The third-order valence-corrected chi connectivity index (χ3v) is 5.35. The number of aromatic nitrogens is 4. The first-order chi connectivity index (χ1) is 11.6. The van der Waals surface area contributed by atoms with Crippen molar-refractivity contribution in [1.82, 2.24) is 19.7 Å². The molecule has 0 radical (unpaired) electrons. The highest BCUT2D eigenvalue weighted by atomic mass is 32.2. The van der Waals surface area contributed by atoms with Gasteiger partial charge in [-0.1, -0.05) is 30.0 Å². The minimum atomic E-state index is -0.122. The average Bonchev–Trinajstić information content (AvgIpc) is 3.14. The first-order valence-electron chi connectivity index (χ1n) is 7.82. The molecule has 1 fully saturated rings. The van der Waals surface area contributed by atoms with Gasteiger partial charge in [0.25, 0.3) is 0 Å². The minimum absolute atomic E-state index is 0.119. The second-order valence-corrected chi connectivity index (χ2v) is 7.04. The van der Waals surface area contributed by atoms with Gasteiger partial charge in [-0.25, -0.2) is 9.97 Å². The number of hydrogen-bond acceptors (Lipinski definition) is 5. The standard InChI is InChI=1S/C17H17N5OS/c1-11-19-14-6-4-3-5-13(14)16(20-11)24-15-7-8-22(17(15)23)12-9-18-21(2)10-12/h3-6,9-10,15H,7-8H2,1-2H3. The summed E-state index contributed by atoms with van der Waals surface area (Å²) in [5, 5.41) is 5.91. The van der Waals surface area contributed by atoms with Gasteiger partial charge >= 0.3 is 0 Å². The predicted octanol–water partition coefficient (Wildman–Crippen LogP) is 2.57. The van der Waals surface area contributed by atoms with E-state index in [9.17, 15) is 4.79 Å². The Hall–Kier alpha value is -2.41. The summed E-state index contributed by atoms with van der Waals surface area (Å²) in [5.41, 5.74) is 1.77. The van der Waals surface area contributed by atoms with Crippen molar-refractivity contribution >= 4 is 34.3 Å². The van der Waals surface area contributed by atoms with Gasteiger partial charge in [0.2, 0.25) is 5.91 Å². The molecule has 1 aromatic carbocycles. The van der Waals surface area contributed by atoms with Crippen molar-refractivity contribution < 1.29 is 4.79 Å². The summed E-state index contributed by atoms with van der Waals surface area (Å²) >= 11 is 1.54. The van der Waals surface area contributed by atoms with E-state index in [2.05, 4.69) is 15.1 Å². The maximum absolute atomic E-state index is 12.8. The second-order valence-electron chi connectivity index (χ2n) is 5.85. The lowest BCUT2D eigenvalue weighted by Crippen LogP contribution is -2.27. The van der Waals surface area contributed by atoms with Crippen LogP contribution in [0.25, 0.3) is 10.9 Å². The van der Waals surface area contributed by atoms with Crippen LogP contribution in [0.3, 0.4) is 0 Å². The summed E-state index contributed by atoms with van der Waals surface area (Å²) in [7, 11) is 1.85. The molecule has 6 nitrogen and oxygen atoms in total. The van der Waals surface area contributed by atoms with Gasteiger partial charge in [-0.15, -0.1) is 0 Å². The predicted molar refractivity (Wildman–Crippen MR) is 94.1 cm³/mol. The van der Waals surface area contributed by atoms with E-state index in [0.717, 1.165) is 33.9 Å². The lowest BCUT2D eigenvalue weighted by Gasteiger charge is -2.14. The van der Waals surface area contributed by atoms with Gasteiger partial charge in [0, 0.05) is 25.2 Å². The fourth-order valence-electron chi connectivity index (χ4n) is 2.95. The summed E-state index contributed by atoms with van der Waals surface area (Å²) in [6, 6.07) is 7.93. The second kappa shape index (κ2) is 5.90. The van der Waals surface area contributed by atoms with Crippen LogP contribution in [0.2, 0.25) is 0 Å². The molecule has 1 amide bonds. The lowest BCUT2D eigenvalue weighted by molar-refractivity contribution is -0.116. The number of thioether (sulfide) groups is 1. The zero-order chi connectivity index (χ0) is 16.7. The number of fused-ring (bicyclic) bond motifs is 1. The van der Waals surface area contributed by atoms with Crippen LogP contribution in [0.4, 0.5) is 5.69 Å². The molecule has 0 saturated carbocycles. The number of hydrogen-bond donors (Lipinski definition) is 0. The van der Waals surface area contributed by atoms with E-state index in [0.29, 0.717) is 6.54 Å². The first-order valence-corrected chi connectivity index (χ1v) is 8.70. The number of benzene rings is 1. The van der Waals surface area contributed by atoms with Gasteiger partial charge in [-0.05, 0) is 19.4 Å². The number of rotatable bonds is 3. The highest BCUT2D eigenvalue weighted by molar-refractivity contribution is 8.00. The van der Waals surface area contributed by atoms with Gasteiger partial charge < -0.3 is 4.90 Å². The fraction of sp³-hybridized carbons (Fsp3) is 0.294. The Bertz CT molecular complexity index is 922. The summed E-state index contributed by atoms with van der Waals surface area (Å²) in [5.74, 6) is 0.846. The van der Waals surface area contributed by atoms with Crippen molar-refractivity contribution in [3.05, 3.63) is 42.5 Å². The Kier molecular flexibility index (Phi) is 3.72. The molecule has 7 heteroatoms. The SMILES string of the molecule is Cc1nc(SC2CCN(c3cnn(C)c3)C2=O)c2ccccc2n1. The molecule has 0 bridgehead atoms. The number of amides is 1. The molecule has 24 heavy (non-hydrogen) atoms. The molecule has 1 atom stereocenters. The van der Waals surface area contributed by atoms with E-state index >= 15 is 0 Å². The summed E-state index contributed by atoms with van der Waals surface area (Å²) in [4.78, 5) is 23.6. The van der Waals surface area contributed by atoms with Crippen LogP contribution in [0, 0.1) is 6.92 Å². The van der Waals surface area contributed by atoms with Crippen molar-refractivity contribution in [2.24, 2.45) is 7.05 Å². The first kappa shape index (κ1) is 15.1. The zero-order valence-corrected chi connectivity index (χ0v) is 14.3. The van der Waals surface area contributed by atoms with Crippen LogP contribution < -0.4 is 4.90 Å². The van der Waals surface area contributed by atoms with Crippen molar-refractivity contribution in [3.8, 4) is 0 Å². The van der Waals surface area contributed by atoms with Gasteiger partial charge in [-0.2, -0.15) is 5.10 Å². The monoisotopic (exact) mass is 339 g/mol. The smallest absolute Gasteiger partial charge is 0.240 e. The van der Waals surface area contributed by atoms with Crippen LogP contribution in [0.15, 0.2) is 41.7 Å². The molecule has 1 unspecified atom stereocenters. The van der Waals surface area contributed by atoms with Gasteiger partial charge in [0.05, 0.1) is 22.7 Å². The maximum atomic E-state index is 12.8. The zero-order valence-electron chi connectivity index (χ0n) is 13.5. The van der Waals surface area contributed by atoms with Crippen LogP contribution in [-0.2, 0) is 11.8 Å². The molecule has 1 saturated heterocycles. The van der Waals surface area contributed by atoms with Crippen LogP contribution >= 0.6 is 11.8 Å². The molecule has 4 rings (SSSR count). The molecular formula is C17H17N5OS. The number of nitrogens with zero attached hydrogens (tertiary/aromatic N) is 5. The molecule has 0 N–H and O–H groups in total. The highest BCUT2D eigenvalue weighted by Gasteiger charge is 2.34. The summed E-state index contributed by atoms with van der Waals surface area (Å²) in [6.07, 6.45) is 4.40. The van der Waals surface area contributed by atoms with Gasteiger partial charge in [0.1, 0.15) is 10.9 Å². The van der Waals surface area contributed by atoms with Gasteiger partial charge in [0.15, 0.2) is 0 Å². The Morgan fingerprint density at radius 2 is 2.08 bits per heavy atom. The minimum Gasteiger partial charge on any atom is -0.308 e. The maximum Gasteiger partial charge on any atom is 0.240 e. The molecule has 0 aliphatic carbocycles. The number of carbonyl (C=O) groups excluding carboxylic acids is 1. The summed E-state index contributed by atoms with van der Waals surface area (Å²) in [6.45, 7) is 2.60. The number of aryl methyl sites for hydroxylation is 2. The molecule has 2 aromatic heterocycles. The Morgan fingerprint density at radius 1 is 1.25 bits per heavy atom. The van der Waals surface area contributed by atoms with Crippen LogP contribution in [0.5, 0.6) is 0 Å². The van der Waals surface area contributed by atoms with Crippen LogP contribution in [0.1, 0.15) is 12.2 Å². The molecule has 1 aliphatic rings. The highest BCUT2D eigenvalue weighted by Crippen LogP contribution is 2.35. The van der Waals surface area contributed by atoms with Crippen molar-refractivity contribution in [3.63, 3.8) is 0 Å². The van der Waals surface area contributed by atoms with E-state index in [1.54, 1.807) is 15.8 Å². The lowest BCUT2D eigenvalue weighted by atomic mass is 10.2. The van der Waals surface area contributed by atoms with Crippen LogP contribution in [-0.4, -0.2) is 37.5 Å². The quantitative estimate of drug-likeness (QED) is 0.686. The molecule has 122 valence electrons. The number of anilines is 1. The molecule has 3 aromatic rings. The largest absolute Gasteiger partial charge is 0.308 e. The summed E-state index contributed by atoms with van der Waals surface area (Å²) < 4.78 is 1.71. The average molecular weight is 339 g/mol. The van der Waals surface area contributed by atoms with E-state index < -0.39 is 0 Å². The molecule has 3 heterocycles. The van der Waals surface area contributed by atoms with Crippen molar-refractivity contribution in [2.45, 2.75) is 23.6 Å². The normalized spacial score (nSPS) is 17.8. The Balaban J connectivity index is 1.61. The van der Waals surface area contributed by atoms with E-state index in [1.165, 1.54) is 11.8 Å². The van der Waals surface area contributed by atoms with E-state index in [-0.39, 0.29) is 11.2 Å². The van der Waals surface area contributed by atoms with E-state index in [4.69, 9.17) is 0 Å². The number of carbonyl (C=O) groups is 1. The Morgan fingerprint density at radius 3 is 2.88 bits per heavy atom. The van der Waals surface area contributed by atoms with E-state index in [1.807, 2.05) is 44.4 Å². The molecule has 1 aliphatic heterocycles. The third kappa shape index (κ3) is 2.65. The Labute approximate surface area is 143 Å².